The van der Waals surface area contributed by atoms with Crippen molar-refractivity contribution in [3.05, 3.63) is 40.9 Å². The number of hydrogen-bond acceptors (Lipinski definition) is 4. The number of piperidine rings is 1. The van der Waals surface area contributed by atoms with Gasteiger partial charge in [-0.05, 0) is 32.4 Å². The average molecular weight is 301 g/mol. The van der Waals surface area contributed by atoms with Crippen molar-refractivity contribution in [2.45, 2.75) is 32.2 Å². The predicted octanol–water partition coefficient (Wildman–Crippen LogP) is 2.81. The minimum atomic E-state index is 0.576. The second kappa shape index (κ2) is 5.27. The van der Waals surface area contributed by atoms with Gasteiger partial charge in [0, 0.05) is 42.5 Å². The number of nitrogens with one attached hydrogen (secondary N) is 1. The number of aromatic amines is 1. The van der Waals surface area contributed by atoms with Gasteiger partial charge in [-0.3, -0.25) is 14.4 Å². The van der Waals surface area contributed by atoms with Gasteiger partial charge in [-0.1, -0.05) is 0 Å². The van der Waals surface area contributed by atoms with Gasteiger partial charge in [0.25, 0.3) is 0 Å². The molecule has 1 saturated heterocycles. The molecule has 110 valence electrons. The summed E-state index contributed by atoms with van der Waals surface area (Å²) in [5, 5.41) is 9.33. The molecule has 3 aromatic rings. The number of likely N-dealkylation sites (tertiary alicyclic amines) is 1. The van der Waals surface area contributed by atoms with Gasteiger partial charge >= 0.3 is 0 Å². The number of imidazole rings is 1. The highest BCUT2D eigenvalue weighted by Gasteiger charge is 2.23. The Balaban J connectivity index is 1.54. The van der Waals surface area contributed by atoms with Gasteiger partial charge in [-0.25, -0.2) is 4.98 Å². The van der Waals surface area contributed by atoms with E-state index in [-0.39, 0.29) is 0 Å². The van der Waals surface area contributed by atoms with Crippen LogP contribution in [0.5, 0.6) is 0 Å². The quantitative estimate of drug-likeness (QED) is 0.809. The minimum Gasteiger partial charge on any atom is -0.297 e. The molecule has 1 atom stereocenters. The third-order valence-corrected chi connectivity index (χ3v) is 5.16. The highest BCUT2D eigenvalue weighted by molar-refractivity contribution is 7.15. The first-order valence-electron chi connectivity index (χ1n) is 7.44. The fourth-order valence-electron chi connectivity index (χ4n) is 3.29. The molecule has 0 saturated carbocycles. The maximum atomic E-state index is 4.65. The van der Waals surface area contributed by atoms with Crippen LogP contribution in [0.15, 0.2) is 23.8 Å². The SMILES string of the molecule is Cc1nc2sccn2c1CN1CCCC(c2ccn[nH]2)C1. The monoisotopic (exact) mass is 301 g/mol. The van der Waals surface area contributed by atoms with Gasteiger partial charge in [0.2, 0.25) is 0 Å². The zero-order valence-electron chi connectivity index (χ0n) is 12.1. The lowest BCUT2D eigenvalue weighted by Crippen LogP contribution is -2.34. The van der Waals surface area contributed by atoms with E-state index >= 15 is 0 Å². The first-order chi connectivity index (χ1) is 10.3. The maximum absolute atomic E-state index is 4.65. The standard InChI is InChI=1S/C15H19N5S/c1-11-14(20-7-8-21-15(20)17-11)10-19-6-2-3-12(9-19)13-4-5-16-18-13/h4-5,7-8,12H,2-3,6,9-10H2,1H3,(H,16,18). The highest BCUT2D eigenvalue weighted by atomic mass is 32.1. The Kier molecular flexibility index (Phi) is 3.27. The van der Waals surface area contributed by atoms with Crippen molar-refractivity contribution in [3.8, 4) is 0 Å². The van der Waals surface area contributed by atoms with Crippen molar-refractivity contribution in [3.63, 3.8) is 0 Å². The van der Waals surface area contributed by atoms with Gasteiger partial charge in [-0.2, -0.15) is 5.10 Å². The molecular weight excluding hydrogens is 282 g/mol. The number of fused-ring (bicyclic) bond motifs is 1. The van der Waals surface area contributed by atoms with Crippen molar-refractivity contribution >= 4 is 16.3 Å². The number of aromatic nitrogens is 4. The molecule has 1 aliphatic rings. The van der Waals surface area contributed by atoms with E-state index in [4.69, 9.17) is 0 Å². The number of thiazole rings is 1. The van der Waals surface area contributed by atoms with Crippen LogP contribution in [-0.2, 0) is 6.54 Å². The number of aryl methyl sites for hydroxylation is 1. The molecule has 0 amide bonds. The first kappa shape index (κ1) is 13.0. The van der Waals surface area contributed by atoms with E-state index < -0.39 is 0 Å². The first-order valence-corrected chi connectivity index (χ1v) is 8.32. The van der Waals surface area contributed by atoms with Crippen LogP contribution in [0.4, 0.5) is 0 Å². The molecular formula is C15H19N5S. The maximum Gasteiger partial charge on any atom is 0.194 e. The molecule has 0 aromatic carbocycles. The Morgan fingerprint density at radius 2 is 2.43 bits per heavy atom. The Labute approximate surface area is 127 Å². The molecule has 0 spiro atoms. The molecule has 1 N–H and O–H groups in total. The number of rotatable bonds is 3. The molecule has 1 aliphatic heterocycles. The molecule has 5 nitrogen and oxygen atoms in total. The van der Waals surface area contributed by atoms with Crippen LogP contribution in [0.1, 0.15) is 35.8 Å². The second-order valence-electron chi connectivity index (χ2n) is 5.79. The van der Waals surface area contributed by atoms with E-state index in [0.29, 0.717) is 5.92 Å². The normalized spacial score (nSPS) is 20.3. The molecule has 3 aromatic heterocycles. The summed E-state index contributed by atoms with van der Waals surface area (Å²) < 4.78 is 2.24. The second-order valence-corrected chi connectivity index (χ2v) is 6.66. The Bertz CT molecular complexity index is 727. The fourth-order valence-corrected chi connectivity index (χ4v) is 4.07. The van der Waals surface area contributed by atoms with Gasteiger partial charge < -0.3 is 0 Å². The van der Waals surface area contributed by atoms with Crippen molar-refractivity contribution < 1.29 is 0 Å². The fraction of sp³-hybridized carbons (Fsp3) is 0.467. The topological polar surface area (TPSA) is 49.2 Å². The van der Waals surface area contributed by atoms with Crippen LogP contribution in [-0.4, -0.2) is 37.6 Å². The average Bonchev–Trinajstić information content (AvgIpc) is 3.20. The lowest BCUT2D eigenvalue weighted by Gasteiger charge is -2.32. The van der Waals surface area contributed by atoms with Gasteiger partial charge in [-0.15, -0.1) is 11.3 Å². The molecule has 0 radical (unpaired) electrons. The van der Waals surface area contributed by atoms with E-state index in [1.54, 1.807) is 11.3 Å². The summed E-state index contributed by atoms with van der Waals surface area (Å²) in [6.07, 6.45) is 6.47. The summed E-state index contributed by atoms with van der Waals surface area (Å²) in [5.74, 6) is 0.576. The van der Waals surface area contributed by atoms with E-state index in [1.165, 1.54) is 30.8 Å². The molecule has 21 heavy (non-hydrogen) atoms. The summed E-state index contributed by atoms with van der Waals surface area (Å²) in [6.45, 7) is 5.36. The Morgan fingerprint density at radius 1 is 1.48 bits per heavy atom. The molecule has 0 bridgehead atoms. The number of hydrogen-bond donors (Lipinski definition) is 1. The molecule has 4 heterocycles. The van der Waals surface area contributed by atoms with Crippen LogP contribution in [0.3, 0.4) is 0 Å². The summed E-state index contributed by atoms with van der Waals surface area (Å²) in [7, 11) is 0. The van der Waals surface area contributed by atoms with Gasteiger partial charge in [0.15, 0.2) is 4.96 Å². The lowest BCUT2D eigenvalue weighted by atomic mass is 9.95. The van der Waals surface area contributed by atoms with Crippen LogP contribution in [0.2, 0.25) is 0 Å². The highest BCUT2D eigenvalue weighted by Crippen LogP contribution is 2.27. The molecule has 6 heteroatoms. The van der Waals surface area contributed by atoms with Crippen LogP contribution >= 0.6 is 11.3 Å². The van der Waals surface area contributed by atoms with E-state index in [2.05, 4.69) is 49.0 Å². The van der Waals surface area contributed by atoms with E-state index in [1.807, 2.05) is 6.20 Å². The van der Waals surface area contributed by atoms with E-state index in [9.17, 15) is 0 Å². The predicted molar refractivity (Wildman–Crippen MR) is 83.6 cm³/mol. The zero-order chi connectivity index (χ0) is 14.2. The third-order valence-electron chi connectivity index (χ3n) is 4.40. The zero-order valence-corrected chi connectivity index (χ0v) is 12.9. The van der Waals surface area contributed by atoms with Crippen molar-refractivity contribution in [2.75, 3.05) is 13.1 Å². The summed E-state index contributed by atoms with van der Waals surface area (Å²) in [5.41, 5.74) is 3.76. The summed E-state index contributed by atoms with van der Waals surface area (Å²) in [6, 6.07) is 2.11. The van der Waals surface area contributed by atoms with Gasteiger partial charge in [0.05, 0.1) is 11.4 Å². The van der Waals surface area contributed by atoms with Crippen molar-refractivity contribution in [1.29, 1.82) is 0 Å². The van der Waals surface area contributed by atoms with Crippen molar-refractivity contribution in [2.24, 2.45) is 0 Å². The molecule has 1 unspecified atom stereocenters. The van der Waals surface area contributed by atoms with E-state index in [0.717, 1.165) is 23.7 Å². The summed E-state index contributed by atoms with van der Waals surface area (Å²) >= 11 is 1.70. The smallest absolute Gasteiger partial charge is 0.194 e. The van der Waals surface area contributed by atoms with Crippen molar-refractivity contribution in [1.82, 2.24) is 24.5 Å². The van der Waals surface area contributed by atoms with Crippen LogP contribution in [0, 0.1) is 6.92 Å². The molecule has 1 fully saturated rings. The summed E-state index contributed by atoms with van der Waals surface area (Å²) in [4.78, 5) is 8.29. The Morgan fingerprint density at radius 3 is 3.29 bits per heavy atom. The number of H-pyrrole nitrogens is 1. The minimum absolute atomic E-state index is 0.576. The lowest BCUT2D eigenvalue weighted by molar-refractivity contribution is 0.195. The molecule has 4 rings (SSSR count). The van der Waals surface area contributed by atoms with Crippen LogP contribution < -0.4 is 0 Å². The largest absolute Gasteiger partial charge is 0.297 e. The number of nitrogens with zero attached hydrogens (tertiary/aromatic N) is 4. The molecule has 0 aliphatic carbocycles. The Hall–Kier alpha value is -1.66. The third kappa shape index (κ3) is 2.38. The van der Waals surface area contributed by atoms with Gasteiger partial charge in [0.1, 0.15) is 0 Å². The van der Waals surface area contributed by atoms with Crippen LogP contribution in [0.25, 0.3) is 4.96 Å².